The third-order valence-corrected chi connectivity index (χ3v) is 3.54. The van der Waals surface area contributed by atoms with Gasteiger partial charge in [0.1, 0.15) is 5.76 Å². The molecule has 3 N–H and O–H groups in total. The molecule has 7 heteroatoms. The summed E-state index contributed by atoms with van der Waals surface area (Å²) in [7, 11) is 0. The van der Waals surface area contributed by atoms with Crippen LogP contribution in [0.3, 0.4) is 0 Å². The summed E-state index contributed by atoms with van der Waals surface area (Å²) < 4.78 is 5.08. The third-order valence-electron chi connectivity index (χ3n) is 3.20. The Bertz CT molecular complexity index is 658. The van der Waals surface area contributed by atoms with E-state index in [1.54, 1.807) is 18.2 Å². The van der Waals surface area contributed by atoms with Gasteiger partial charge in [-0.05, 0) is 30.7 Å². The maximum Gasteiger partial charge on any atom is 0.321 e. The van der Waals surface area contributed by atoms with Gasteiger partial charge in [0.2, 0.25) is 5.91 Å². The molecule has 0 aliphatic heterocycles. The van der Waals surface area contributed by atoms with E-state index >= 15 is 0 Å². The molecule has 0 aliphatic rings. The van der Waals surface area contributed by atoms with Gasteiger partial charge in [-0.2, -0.15) is 0 Å². The summed E-state index contributed by atoms with van der Waals surface area (Å²) in [5, 5.41) is 8.42. The van der Waals surface area contributed by atoms with Crippen LogP contribution in [-0.2, 0) is 11.3 Å². The molecule has 3 amide bonds. The van der Waals surface area contributed by atoms with Crippen molar-refractivity contribution in [1.29, 1.82) is 0 Å². The lowest BCUT2D eigenvalue weighted by atomic mass is 10.1. The van der Waals surface area contributed by atoms with Crippen LogP contribution >= 0.6 is 11.6 Å². The highest BCUT2D eigenvalue weighted by atomic mass is 35.5. The molecule has 6 nitrogen and oxygen atoms in total. The number of carbonyl (C=O) groups is 2. The minimum Gasteiger partial charge on any atom is -0.467 e. The molecule has 1 aromatic carbocycles. The molecule has 2 rings (SSSR count). The maximum absolute atomic E-state index is 11.7. The first-order valence-electron chi connectivity index (χ1n) is 7.14. The highest BCUT2D eigenvalue weighted by molar-refractivity contribution is 6.31. The second-order valence-corrected chi connectivity index (χ2v) is 5.34. The normalized spacial score (nSPS) is 11.7. The van der Waals surface area contributed by atoms with Gasteiger partial charge in [0.15, 0.2) is 0 Å². The molecule has 1 aromatic heterocycles. The van der Waals surface area contributed by atoms with Crippen molar-refractivity contribution < 1.29 is 14.0 Å². The van der Waals surface area contributed by atoms with Crippen molar-refractivity contribution >= 4 is 23.5 Å². The van der Waals surface area contributed by atoms with E-state index in [9.17, 15) is 9.59 Å². The lowest BCUT2D eigenvalue weighted by molar-refractivity contribution is -0.119. The van der Waals surface area contributed by atoms with E-state index in [0.717, 1.165) is 5.56 Å². The Balaban J connectivity index is 1.72. The number of rotatable bonds is 6. The molecule has 1 atom stereocenters. The van der Waals surface area contributed by atoms with E-state index in [1.807, 2.05) is 25.1 Å². The standard InChI is InChI=1S/C16H18ClN3O3/c1-11(13-6-2-3-7-14(13)17)18-10-15(21)20-16(22)19-9-12-5-4-8-23-12/h2-8,11,18H,9-10H2,1H3,(H2,19,20,21,22). The summed E-state index contributed by atoms with van der Waals surface area (Å²) in [5.41, 5.74) is 0.893. The molecule has 2 aromatic rings. The first-order valence-corrected chi connectivity index (χ1v) is 7.52. The van der Waals surface area contributed by atoms with Gasteiger partial charge in [0, 0.05) is 11.1 Å². The van der Waals surface area contributed by atoms with Crippen LogP contribution in [0.1, 0.15) is 24.3 Å². The number of halogens is 1. The fraction of sp³-hybridized carbons (Fsp3) is 0.250. The van der Waals surface area contributed by atoms with Crippen LogP contribution in [0.25, 0.3) is 0 Å². The van der Waals surface area contributed by atoms with Gasteiger partial charge >= 0.3 is 6.03 Å². The highest BCUT2D eigenvalue weighted by Gasteiger charge is 2.12. The fourth-order valence-electron chi connectivity index (χ4n) is 1.98. The molecule has 0 saturated carbocycles. The Morgan fingerprint density at radius 3 is 2.70 bits per heavy atom. The smallest absolute Gasteiger partial charge is 0.321 e. The molecule has 122 valence electrons. The van der Waals surface area contributed by atoms with Crippen molar-refractivity contribution in [1.82, 2.24) is 16.0 Å². The SMILES string of the molecule is CC(NCC(=O)NC(=O)NCc1ccco1)c1ccccc1Cl. The Hall–Kier alpha value is -2.31. The van der Waals surface area contributed by atoms with Gasteiger partial charge in [0.05, 0.1) is 19.4 Å². The number of urea groups is 1. The molecule has 23 heavy (non-hydrogen) atoms. The monoisotopic (exact) mass is 335 g/mol. The molecule has 0 bridgehead atoms. The van der Waals surface area contributed by atoms with Crippen molar-refractivity contribution in [2.75, 3.05) is 6.54 Å². The van der Waals surface area contributed by atoms with Gasteiger partial charge in [-0.15, -0.1) is 0 Å². The van der Waals surface area contributed by atoms with Crippen molar-refractivity contribution in [3.63, 3.8) is 0 Å². The zero-order valence-electron chi connectivity index (χ0n) is 12.6. The summed E-state index contributed by atoms with van der Waals surface area (Å²) in [6.45, 7) is 2.11. The second-order valence-electron chi connectivity index (χ2n) is 4.93. The number of amides is 3. The quantitative estimate of drug-likeness (QED) is 0.757. The van der Waals surface area contributed by atoms with Crippen LogP contribution in [0, 0.1) is 0 Å². The molecular formula is C16H18ClN3O3. The van der Waals surface area contributed by atoms with Gasteiger partial charge in [-0.1, -0.05) is 29.8 Å². The number of carbonyl (C=O) groups excluding carboxylic acids is 2. The Kier molecular flexibility index (Phi) is 6.19. The fourth-order valence-corrected chi connectivity index (χ4v) is 2.28. The van der Waals surface area contributed by atoms with E-state index in [1.165, 1.54) is 6.26 Å². The van der Waals surface area contributed by atoms with Crippen LogP contribution in [0.2, 0.25) is 5.02 Å². The van der Waals surface area contributed by atoms with Crippen LogP contribution < -0.4 is 16.0 Å². The molecule has 0 aliphatic carbocycles. The van der Waals surface area contributed by atoms with Crippen LogP contribution in [0.15, 0.2) is 47.1 Å². The van der Waals surface area contributed by atoms with Crippen LogP contribution in [0.4, 0.5) is 4.79 Å². The number of nitrogens with one attached hydrogen (secondary N) is 3. The minimum absolute atomic E-state index is 0.000557. The van der Waals surface area contributed by atoms with E-state index in [4.69, 9.17) is 16.0 Å². The van der Waals surface area contributed by atoms with Crippen LogP contribution in [0.5, 0.6) is 0 Å². The average molecular weight is 336 g/mol. The minimum atomic E-state index is -0.571. The largest absolute Gasteiger partial charge is 0.467 e. The molecule has 0 radical (unpaired) electrons. The maximum atomic E-state index is 11.7. The van der Waals surface area contributed by atoms with Gasteiger partial charge in [0.25, 0.3) is 0 Å². The zero-order chi connectivity index (χ0) is 16.7. The van der Waals surface area contributed by atoms with E-state index in [2.05, 4.69) is 16.0 Å². The summed E-state index contributed by atoms with van der Waals surface area (Å²) in [6.07, 6.45) is 1.51. The number of imide groups is 1. The van der Waals surface area contributed by atoms with E-state index in [0.29, 0.717) is 10.8 Å². The molecule has 0 spiro atoms. The van der Waals surface area contributed by atoms with Crippen LogP contribution in [-0.4, -0.2) is 18.5 Å². The molecule has 0 fully saturated rings. The van der Waals surface area contributed by atoms with Gasteiger partial charge in [-0.25, -0.2) is 4.79 Å². The number of hydrogen-bond acceptors (Lipinski definition) is 4. The predicted octanol–water partition coefficient (Wildman–Crippen LogP) is 2.61. The number of furan rings is 1. The van der Waals surface area contributed by atoms with Gasteiger partial charge < -0.3 is 15.1 Å². The topological polar surface area (TPSA) is 83.4 Å². The molecular weight excluding hydrogens is 318 g/mol. The van der Waals surface area contributed by atoms with Crippen molar-refractivity contribution in [3.8, 4) is 0 Å². The molecule has 1 heterocycles. The average Bonchev–Trinajstić information content (AvgIpc) is 3.04. The van der Waals surface area contributed by atoms with E-state index in [-0.39, 0.29) is 19.1 Å². The lowest BCUT2D eigenvalue weighted by Crippen LogP contribution is -2.43. The Labute approximate surface area is 139 Å². The predicted molar refractivity (Wildman–Crippen MR) is 87.0 cm³/mol. The summed E-state index contributed by atoms with van der Waals surface area (Å²) in [4.78, 5) is 23.3. The zero-order valence-corrected chi connectivity index (χ0v) is 13.4. The Morgan fingerprint density at radius 2 is 2.00 bits per heavy atom. The first kappa shape index (κ1) is 17.1. The summed E-state index contributed by atoms with van der Waals surface area (Å²) >= 11 is 6.10. The lowest BCUT2D eigenvalue weighted by Gasteiger charge is -2.15. The summed E-state index contributed by atoms with van der Waals surface area (Å²) in [5.74, 6) is 0.180. The van der Waals surface area contributed by atoms with E-state index < -0.39 is 11.9 Å². The van der Waals surface area contributed by atoms with Gasteiger partial charge in [-0.3, -0.25) is 10.1 Å². The van der Waals surface area contributed by atoms with Crippen molar-refractivity contribution in [3.05, 3.63) is 59.0 Å². The molecule has 1 unspecified atom stereocenters. The summed E-state index contributed by atoms with van der Waals surface area (Å²) in [6, 6.07) is 10.2. The number of benzene rings is 1. The first-order chi connectivity index (χ1) is 11.1. The Morgan fingerprint density at radius 1 is 1.22 bits per heavy atom. The highest BCUT2D eigenvalue weighted by Crippen LogP contribution is 2.21. The molecule has 0 saturated heterocycles. The second kappa shape index (κ2) is 8.36. The third kappa shape index (κ3) is 5.43. The number of hydrogen-bond donors (Lipinski definition) is 3. The van der Waals surface area contributed by atoms with Crippen molar-refractivity contribution in [2.24, 2.45) is 0 Å². The van der Waals surface area contributed by atoms with Crippen molar-refractivity contribution in [2.45, 2.75) is 19.5 Å².